The van der Waals surface area contributed by atoms with Crippen LogP contribution in [0.4, 0.5) is 13.2 Å². The van der Waals surface area contributed by atoms with Crippen molar-refractivity contribution in [2.75, 3.05) is 7.11 Å². The van der Waals surface area contributed by atoms with Crippen LogP contribution < -0.4 is 4.74 Å². The second kappa shape index (κ2) is 4.05. The maximum Gasteiger partial charge on any atom is 0.416 e. The van der Waals surface area contributed by atoms with Gasteiger partial charge in [0.1, 0.15) is 11.5 Å². The molecule has 17 heavy (non-hydrogen) atoms. The number of Topliss-reactive ketones (excluding diaryl/α,β-unsaturated/α-hetero) is 1. The van der Waals surface area contributed by atoms with Gasteiger partial charge in [0.25, 0.3) is 0 Å². The van der Waals surface area contributed by atoms with Gasteiger partial charge in [0.15, 0.2) is 0 Å². The first-order chi connectivity index (χ1) is 7.93. The van der Waals surface area contributed by atoms with E-state index in [-0.39, 0.29) is 17.5 Å². The molecule has 1 atom stereocenters. The van der Waals surface area contributed by atoms with Crippen LogP contribution >= 0.6 is 0 Å². The Balaban J connectivity index is 2.38. The van der Waals surface area contributed by atoms with Crippen molar-refractivity contribution in [3.8, 4) is 5.75 Å². The highest BCUT2D eigenvalue weighted by molar-refractivity contribution is 5.91. The first kappa shape index (κ1) is 12.0. The Bertz CT molecular complexity index is 452. The number of hydrogen-bond acceptors (Lipinski definition) is 2. The molecule has 0 heterocycles. The maximum atomic E-state index is 12.5. The number of carbonyl (C=O) groups is 1. The average molecular weight is 244 g/mol. The van der Waals surface area contributed by atoms with E-state index in [1.807, 2.05) is 0 Å². The van der Waals surface area contributed by atoms with Crippen LogP contribution in [0.5, 0.6) is 5.75 Å². The largest absolute Gasteiger partial charge is 0.496 e. The number of carbonyl (C=O) groups excluding carboxylic acids is 1. The van der Waals surface area contributed by atoms with E-state index in [0.717, 1.165) is 12.1 Å². The minimum absolute atomic E-state index is 0.0584. The number of rotatable bonds is 2. The van der Waals surface area contributed by atoms with Crippen LogP contribution in [0, 0.1) is 0 Å². The molecule has 5 heteroatoms. The fourth-order valence-electron chi connectivity index (χ4n) is 1.91. The Morgan fingerprint density at radius 2 is 2.06 bits per heavy atom. The topological polar surface area (TPSA) is 26.3 Å². The van der Waals surface area contributed by atoms with Crippen molar-refractivity contribution in [1.82, 2.24) is 0 Å². The van der Waals surface area contributed by atoms with Crippen molar-refractivity contribution in [2.24, 2.45) is 0 Å². The highest BCUT2D eigenvalue weighted by Gasteiger charge is 2.35. The van der Waals surface area contributed by atoms with Crippen molar-refractivity contribution >= 4 is 5.78 Å². The number of ketones is 1. The quantitative estimate of drug-likeness (QED) is 0.798. The minimum Gasteiger partial charge on any atom is -0.496 e. The van der Waals surface area contributed by atoms with Crippen molar-refractivity contribution in [2.45, 2.75) is 24.9 Å². The molecule has 92 valence electrons. The predicted molar refractivity (Wildman–Crippen MR) is 55.0 cm³/mol. The third-order valence-electron chi connectivity index (χ3n) is 3.00. The van der Waals surface area contributed by atoms with Gasteiger partial charge in [-0.3, -0.25) is 4.79 Å². The van der Waals surface area contributed by atoms with E-state index in [0.29, 0.717) is 18.4 Å². The first-order valence-corrected chi connectivity index (χ1v) is 5.21. The van der Waals surface area contributed by atoms with Gasteiger partial charge >= 0.3 is 6.18 Å². The smallest absolute Gasteiger partial charge is 0.416 e. The summed E-state index contributed by atoms with van der Waals surface area (Å²) in [6.07, 6.45) is -3.22. The number of methoxy groups -OCH3 is 1. The standard InChI is InChI=1S/C12H11F3O2/c1-17-11-6-7(12(13,14)15)2-3-9(11)8-4-5-10(8)16/h2-3,6,8H,4-5H2,1H3. The molecule has 0 spiro atoms. The van der Waals surface area contributed by atoms with Crippen molar-refractivity contribution in [3.63, 3.8) is 0 Å². The van der Waals surface area contributed by atoms with E-state index < -0.39 is 11.7 Å². The van der Waals surface area contributed by atoms with Gasteiger partial charge in [-0.2, -0.15) is 13.2 Å². The molecule has 0 bridgehead atoms. The zero-order valence-corrected chi connectivity index (χ0v) is 9.17. The van der Waals surface area contributed by atoms with Gasteiger partial charge in [0.05, 0.1) is 12.7 Å². The lowest BCUT2D eigenvalue weighted by Gasteiger charge is -2.26. The van der Waals surface area contributed by atoms with Gasteiger partial charge in [-0.05, 0) is 18.6 Å². The molecule has 1 saturated carbocycles. The summed E-state index contributed by atoms with van der Waals surface area (Å²) in [6, 6.07) is 3.27. The van der Waals surface area contributed by atoms with Crippen LogP contribution in [0.15, 0.2) is 18.2 Å². The van der Waals surface area contributed by atoms with Gasteiger partial charge in [0.2, 0.25) is 0 Å². The summed E-state index contributed by atoms with van der Waals surface area (Å²) in [7, 11) is 1.31. The molecule has 1 aliphatic carbocycles. The SMILES string of the molecule is COc1cc(C(F)(F)F)ccc1C1CCC1=O. The third kappa shape index (κ3) is 2.14. The Morgan fingerprint density at radius 3 is 2.47 bits per heavy atom. The fraction of sp³-hybridized carbons (Fsp3) is 0.417. The summed E-state index contributed by atoms with van der Waals surface area (Å²) < 4.78 is 42.4. The number of benzene rings is 1. The molecule has 1 fully saturated rings. The molecule has 0 aliphatic heterocycles. The summed E-state index contributed by atoms with van der Waals surface area (Å²) >= 11 is 0. The lowest BCUT2D eigenvalue weighted by atomic mass is 9.78. The highest BCUT2D eigenvalue weighted by Crippen LogP contribution is 2.40. The van der Waals surface area contributed by atoms with Crippen LogP contribution in [-0.4, -0.2) is 12.9 Å². The lowest BCUT2D eigenvalue weighted by Crippen LogP contribution is -2.24. The highest BCUT2D eigenvalue weighted by atomic mass is 19.4. The average Bonchev–Trinajstić information content (AvgIpc) is 2.26. The van der Waals surface area contributed by atoms with E-state index in [2.05, 4.69) is 0 Å². The van der Waals surface area contributed by atoms with Gasteiger partial charge in [-0.25, -0.2) is 0 Å². The third-order valence-corrected chi connectivity index (χ3v) is 3.00. The van der Waals surface area contributed by atoms with Crippen LogP contribution in [0.2, 0.25) is 0 Å². The van der Waals surface area contributed by atoms with Crippen molar-refractivity contribution in [3.05, 3.63) is 29.3 Å². The molecule has 1 aromatic carbocycles. The maximum absolute atomic E-state index is 12.5. The number of ether oxygens (including phenoxy) is 1. The summed E-state index contributed by atoms with van der Waals surface area (Å²) in [6.45, 7) is 0. The van der Waals surface area contributed by atoms with E-state index in [9.17, 15) is 18.0 Å². The molecule has 0 radical (unpaired) electrons. The molecule has 0 N–H and O–H groups in total. The van der Waals surface area contributed by atoms with Gasteiger partial charge in [-0.1, -0.05) is 6.07 Å². The summed E-state index contributed by atoms with van der Waals surface area (Å²) in [5.41, 5.74) is -0.207. The Morgan fingerprint density at radius 1 is 1.35 bits per heavy atom. The van der Waals surface area contributed by atoms with Gasteiger partial charge in [-0.15, -0.1) is 0 Å². The molecular weight excluding hydrogens is 233 g/mol. The minimum atomic E-state index is -4.39. The Hall–Kier alpha value is -1.52. The molecule has 0 aromatic heterocycles. The molecule has 2 nitrogen and oxygen atoms in total. The fourth-order valence-corrected chi connectivity index (χ4v) is 1.91. The molecular formula is C12H11F3O2. The Labute approximate surface area is 96.4 Å². The van der Waals surface area contributed by atoms with Crippen molar-refractivity contribution in [1.29, 1.82) is 0 Å². The molecule has 2 rings (SSSR count). The van der Waals surface area contributed by atoms with Crippen LogP contribution in [0.25, 0.3) is 0 Å². The van der Waals surface area contributed by atoms with Gasteiger partial charge < -0.3 is 4.74 Å². The van der Waals surface area contributed by atoms with E-state index in [1.54, 1.807) is 0 Å². The number of alkyl halides is 3. The first-order valence-electron chi connectivity index (χ1n) is 5.21. The summed E-state index contributed by atoms with van der Waals surface area (Å²) in [5.74, 6) is -0.104. The monoisotopic (exact) mass is 244 g/mol. The zero-order chi connectivity index (χ0) is 12.6. The van der Waals surface area contributed by atoms with Crippen LogP contribution in [0.3, 0.4) is 0 Å². The molecule has 1 aliphatic rings. The summed E-state index contributed by atoms with van der Waals surface area (Å²) in [5, 5.41) is 0. The number of hydrogen-bond donors (Lipinski definition) is 0. The zero-order valence-electron chi connectivity index (χ0n) is 9.17. The second-order valence-corrected chi connectivity index (χ2v) is 4.01. The molecule has 1 aromatic rings. The lowest BCUT2D eigenvalue weighted by molar-refractivity contribution is -0.137. The van der Waals surface area contributed by atoms with Gasteiger partial charge in [0, 0.05) is 17.9 Å². The molecule has 0 saturated heterocycles. The Kier molecular flexibility index (Phi) is 2.85. The summed E-state index contributed by atoms with van der Waals surface area (Å²) in [4.78, 5) is 11.3. The molecule has 0 amide bonds. The van der Waals surface area contributed by atoms with Crippen LogP contribution in [0.1, 0.15) is 29.9 Å². The van der Waals surface area contributed by atoms with Crippen molar-refractivity contribution < 1.29 is 22.7 Å². The van der Waals surface area contributed by atoms with E-state index >= 15 is 0 Å². The predicted octanol–water partition coefficient (Wildman–Crippen LogP) is 3.16. The molecule has 1 unspecified atom stereocenters. The number of halogens is 3. The van der Waals surface area contributed by atoms with E-state index in [4.69, 9.17) is 4.74 Å². The van der Waals surface area contributed by atoms with Crippen LogP contribution in [-0.2, 0) is 11.0 Å². The van der Waals surface area contributed by atoms with E-state index in [1.165, 1.54) is 13.2 Å². The second-order valence-electron chi connectivity index (χ2n) is 4.01. The normalized spacial score (nSPS) is 20.0.